The van der Waals surface area contributed by atoms with E-state index >= 15 is 0 Å². The number of likely N-dealkylation sites (tertiary alicyclic amines) is 1. The van der Waals surface area contributed by atoms with Gasteiger partial charge in [-0.15, -0.1) is 23.7 Å². The quantitative estimate of drug-likeness (QED) is 0.685. The van der Waals surface area contributed by atoms with Gasteiger partial charge in [0, 0.05) is 29.5 Å². The first-order valence-corrected chi connectivity index (χ1v) is 9.98. The highest BCUT2D eigenvalue weighted by Gasteiger charge is 2.29. The maximum Gasteiger partial charge on any atom is 0.264 e. The van der Waals surface area contributed by atoms with Crippen LogP contribution in [0.3, 0.4) is 0 Å². The molecule has 5 nitrogen and oxygen atoms in total. The molecular weight excluding hydrogens is 403 g/mol. The average molecular weight is 425 g/mol. The lowest BCUT2D eigenvalue weighted by molar-refractivity contribution is 0.0746. The summed E-state index contributed by atoms with van der Waals surface area (Å²) >= 11 is 7.48. The van der Waals surface area contributed by atoms with Crippen LogP contribution in [-0.2, 0) is 6.54 Å². The SMILES string of the molecule is Cc1nn(Cc2ccc(Cl)cc2)c2sc(C(=O)N3CCCC3CN)cc12.Cl. The number of nitrogens with zero attached hydrogens (tertiary/aromatic N) is 3. The van der Waals surface area contributed by atoms with Gasteiger partial charge in [-0.2, -0.15) is 5.10 Å². The van der Waals surface area contributed by atoms with Crippen LogP contribution in [0.15, 0.2) is 30.3 Å². The van der Waals surface area contributed by atoms with Gasteiger partial charge in [0.2, 0.25) is 0 Å². The molecular formula is C19H22Cl2N4OS. The van der Waals surface area contributed by atoms with Gasteiger partial charge in [0.1, 0.15) is 4.83 Å². The lowest BCUT2D eigenvalue weighted by Gasteiger charge is -2.22. The van der Waals surface area contributed by atoms with Crippen LogP contribution in [0.1, 0.15) is 33.8 Å². The summed E-state index contributed by atoms with van der Waals surface area (Å²) in [5.74, 6) is 0.0941. The van der Waals surface area contributed by atoms with Gasteiger partial charge in [-0.05, 0) is 43.5 Å². The van der Waals surface area contributed by atoms with Gasteiger partial charge < -0.3 is 10.6 Å². The Bertz CT molecular complexity index is 951. The number of aryl methyl sites for hydroxylation is 1. The molecule has 1 fully saturated rings. The summed E-state index contributed by atoms with van der Waals surface area (Å²) in [5.41, 5.74) is 7.90. The maximum absolute atomic E-state index is 12.9. The van der Waals surface area contributed by atoms with Crippen molar-refractivity contribution in [3.8, 4) is 0 Å². The van der Waals surface area contributed by atoms with Gasteiger partial charge in [-0.1, -0.05) is 23.7 Å². The zero-order valence-corrected chi connectivity index (χ0v) is 17.4. The van der Waals surface area contributed by atoms with Crippen LogP contribution in [0.5, 0.6) is 0 Å². The molecule has 1 atom stereocenters. The van der Waals surface area contributed by atoms with E-state index in [1.165, 1.54) is 11.3 Å². The first-order chi connectivity index (χ1) is 12.6. The van der Waals surface area contributed by atoms with E-state index in [0.29, 0.717) is 13.1 Å². The summed E-state index contributed by atoms with van der Waals surface area (Å²) in [6.45, 7) is 3.97. The Balaban J connectivity index is 0.00000210. The van der Waals surface area contributed by atoms with Crippen molar-refractivity contribution >= 4 is 51.5 Å². The maximum atomic E-state index is 12.9. The molecule has 2 N–H and O–H groups in total. The van der Waals surface area contributed by atoms with Crippen LogP contribution in [0, 0.1) is 6.92 Å². The van der Waals surface area contributed by atoms with Crippen molar-refractivity contribution in [1.82, 2.24) is 14.7 Å². The highest BCUT2D eigenvalue weighted by molar-refractivity contribution is 7.20. The van der Waals surface area contributed by atoms with Gasteiger partial charge in [-0.25, -0.2) is 0 Å². The molecule has 144 valence electrons. The normalized spacial score (nSPS) is 16.7. The first-order valence-electron chi connectivity index (χ1n) is 8.79. The Hall–Kier alpha value is -1.60. The first kappa shape index (κ1) is 20.1. The summed E-state index contributed by atoms with van der Waals surface area (Å²) in [4.78, 5) is 16.7. The molecule has 8 heteroatoms. The molecule has 1 aliphatic rings. The van der Waals surface area contributed by atoms with E-state index in [1.54, 1.807) is 0 Å². The fraction of sp³-hybridized carbons (Fsp3) is 0.368. The molecule has 1 saturated heterocycles. The minimum absolute atomic E-state index is 0. The molecule has 1 amide bonds. The Morgan fingerprint density at radius 2 is 2.11 bits per heavy atom. The van der Waals surface area contributed by atoms with Gasteiger partial charge in [-0.3, -0.25) is 9.48 Å². The van der Waals surface area contributed by atoms with Crippen LogP contribution >= 0.6 is 35.3 Å². The number of aromatic nitrogens is 2. The van der Waals surface area contributed by atoms with Gasteiger partial charge in [0.05, 0.1) is 17.1 Å². The second-order valence-electron chi connectivity index (χ2n) is 6.73. The Labute approximate surface area is 173 Å². The van der Waals surface area contributed by atoms with E-state index in [-0.39, 0.29) is 24.4 Å². The number of carbonyl (C=O) groups is 1. The molecule has 0 spiro atoms. The van der Waals surface area contributed by atoms with Crippen molar-refractivity contribution in [1.29, 1.82) is 0 Å². The number of hydrogen-bond donors (Lipinski definition) is 1. The van der Waals surface area contributed by atoms with Crippen LogP contribution in [0.25, 0.3) is 10.2 Å². The average Bonchev–Trinajstić information content (AvgIpc) is 3.34. The fourth-order valence-corrected chi connectivity index (χ4v) is 4.82. The number of amides is 1. The van der Waals surface area contributed by atoms with E-state index in [1.807, 2.05) is 46.8 Å². The molecule has 27 heavy (non-hydrogen) atoms. The van der Waals surface area contributed by atoms with Crippen LogP contribution in [0.2, 0.25) is 5.02 Å². The Kier molecular flexibility index (Phi) is 6.11. The smallest absolute Gasteiger partial charge is 0.264 e. The molecule has 4 rings (SSSR count). The third-order valence-corrected chi connectivity index (χ3v) is 6.36. The highest BCUT2D eigenvalue weighted by atomic mass is 35.5. The molecule has 3 heterocycles. The molecule has 0 saturated carbocycles. The van der Waals surface area contributed by atoms with Crippen molar-refractivity contribution < 1.29 is 4.79 Å². The summed E-state index contributed by atoms with van der Waals surface area (Å²) in [6.07, 6.45) is 2.03. The molecule has 1 unspecified atom stereocenters. The molecule has 0 bridgehead atoms. The van der Waals surface area contributed by atoms with Crippen molar-refractivity contribution in [2.75, 3.05) is 13.1 Å². The lowest BCUT2D eigenvalue weighted by Crippen LogP contribution is -2.39. The molecule has 1 aliphatic heterocycles. The number of rotatable bonds is 4. The van der Waals surface area contributed by atoms with Crippen LogP contribution in [-0.4, -0.2) is 39.7 Å². The van der Waals surface area contributed by atoms with Crippen LogP contribution in [0.4, 0.5) is 0 Å². The predicted molar refractivity (Wildman–Crippen MR) is 113 cm³/mol. The van der Waals surface area contributed by atoms with Crippen molar-refractivity contribution in [2.24, 2.45) is 5.73 Å². The fourth-order valence-electron chi connectivity index (χ4n) is 3.58. The molecule has 1 aromatic carbocycles. The van der Waals surface area contributed by atoms with Crippen molar-refractivity contribution in [2.45, 2.75) is 32.4 Å². The van der Waals surface area contributed by atoms with Crippen LogP contribution < -0.4 is 5.73 Å². The molecule has 3 aromatic rings. The topological polar surface area (TPSA) is 64.2 Å². The Morgan fingerprint density at radius 3 is 2.81 bits per heavy atom. The van der Waals surface area contributed by atoms with Crippen molar-refractivity contribution in [3.05, 3.63) is 51.5 Å². The van der Waals surface area contributed by atoms with Gasteiger partial charge in [0.25, 0.3) is 5.91 Å². The van der Waals surface area contributed by atoms with Gasteiger partial charge >= 0.3 is 0 Å². The third-order valence-electron chi connectivity index (χ3n) is 4.97. The zero-order chi connectivity index (χ0) is 18.3. The number of hydrogen-bond acceptors (Lipinski definition) is 4. The number of carbonyl (C=O) groups excluding carboxylic acids is 1. The minimum Gasteiger partial charge on any atom is -0.334 e. The number of fused-ring (bicyclic) bond motifs is 1. The second kappa shape index (κ2) is 8.19. The number of benzene rings is 1. The van der Waals surface area contributed by atoms with E-state index in [4.69, 9.17) is 17.3 Å². The van der Waals surface area contributed by atoms with E-state index in [0.717, 1.165) is 50.8 Å². The molecule has 0 aliphatic carbocycles. The molecule has 0 radical (unpaired) electrons. The lowest BCUT2D eigenvalue weighted by atomic mass is 10.2. The van der Waals surface area contributed by atoms with E-state index in [9.17, 15) is 4.79 Å². The predicted octanol–water partition coefficient (Wildman–Crippen LogP) is 4.09. The third kappa shape index (κ3) is 3.85. The highest BCUT2D eigenvalue weighted by Crippen LogP contribution is 2.31. The molecule has 2 aromatic heterocycles. The summed E-state index contributed by atoms with van der Waals surface area (Å²) in [5, 5.41) is 6.42. The monoisotopic (exact) mass is 424 g/mol. The number of thiophene rings is 1. The van der Waals surface area contributed by atoms with E-state index < -0.39 is 0 Å². The standard InChI is InChI=1S/C19H21ClN4OS.ClH/c1-12-16-9-17(18(25)23-8-2-3-15(23)10-21)26-19(16)24(22-12)11-13-4-6-14(20)7-5-13;/h4-7,9,15H,2-3,8,10-11,21H2,1H3;1H. The number of nitrogens with two attached hydrogens (primary N) is 1. The zero-order valence-electron chi connectivity index (χ0n) is 15.0. The van der Waals surface area contributed by atoms with Gasteiger partial charge in [0.15, 0.2) is 0 Å². The van der Waals surface area contributed by atoms with Crippen molar-refractivity contribution in [3.63, 3.8) is 0 Å². The minimum atomic E-state index is 0. The summed E-state index contributed by atoms with van der Waals surface area (Å²) < 4.78 is 1.97. The Morgan fingerprint density at radius 1 is 1.37 bits per heavy atom. The number of halogens is 2. The second-order valence-corrected chi connectivity index (χ2v) is 8.20. The van der Waals surface area contributed by atoms with E-state index in [2.05, 4.69) is 5.10 Å². The summed E-state index contributed by atoms with van der Waals surface area (Å²) in [6, 6.07) is 9.92. The largest absolute Gasteiger partial charge is 0.334 e. The summed E-state index contributed by atoms with van der Waals surface area (Å²) in [7, 11) is 0.